The summed E-state index contributed by atoms with van der Waals surface area (Å²) in [7, 11) is 2.03. The smallest absolute Gasteiger partial charge is 0.169 e. The van der Waals surface area contributed by atoms with Crippen LogP contribution in [-0.2, 0) is 0 Å². The normalized spacial score (nSPS) is 19.9. The average Bonchev–Trinajstić information content (AvgIpc) is 3.16. The SMILES string of the molecule is Cc1ccc([C@@H]2[C@H](c3ccccn3)NC(=S)N2C)n1-c1cccnc1. The lowest BCUT2D eigenvalue weighted by molar-refractivity contribution is 0.356. The summed E-state index contributed by atoms with van der Waals surface area (Å²) in [4.78, 5) is 10.9. The summed E-state index contributed by atoms with van der Waals surface area (Å²) in [6.45, 7) is 2.10. The molecular weight excluding hydrogens is 330 g/mol. The molecule has 1 N–H and O–H groups in total. The summed E-state index contributed by atoms with van der Waals surface area (Å²) < 4.78 is 2.24. The number of hydrogen-bond acceptors (Lipinski definition) is 3. The first-order chi connectivity index (χ1) is 12.2. The molecule has 0 radical (unpaired) electrons. The molecule has 4 rings (SSSR count). The maximum Gasteiger partial charge on any atom is 0.169 e. The number of nitrogens with zero attached hydrogens (tertiary/aromatic N) is 4. The number of pyridine rings is 2. The second kappa shape index (κ2) is 6.29. The minimum absolute atomic E-state index is 0.00317. The Balaban J connectivity index is 1.84. The monoisotopic (exact) mass is 349 g/mol. The summed E-state index contributed by atoms with van der Waals surface area (Å²) in [5.74, 6) is 0. The van der Waals surface area contributed by atoms with E-state index in [1.165, 1.54) is 0 Å². The molecule has 5 nitrogen and oxygen atoms in total. The summed E-state index contributed by atoms with van der Waals surface area (Å²) in [5.41, 5.74) is 4.35. The number of rotatable bonds is 3. The molecule has 0 bridgehead atoms. The fourth-order valence-corrected chi connectivity index (χ4v) is 3.70. The van der Waals surface area contributed by atoms with Crippen LogP contribution < -0.4 is 5.32 Å². The molecule has 6 heteroatoms. The Morgan fingerprint density at radius 3 is 2.68 bits per heavy atom. The van der Waals surface area contributed by atoms with Crippen LogP contribution in [0.2, 0.25) is 0 Å². The molecule has 3 aromatic heterocycles. The van der Waals surface area contributed by atoms with Crippen LogP contribution in [0.3, 0.4) is 0 Å². The molecule has 0 unspecified atom stereocenters. The third kappa shape index (κ3) is 2.68. The van der Waals surface area contributed by atoms with Gasteiger partial charge in [0.05, 0.1) is 29.7 Å². The highest BCUT2D eigenvalue weighted by atomic mass is 32.1. The average molecular weight is 349 g/mol. The Hall–Kier alpha value is -2.73. The van der Waals surface area contributed by atoms with Crippen LogP contribution >= 0.6 is 12.2 Å². The van der Waals surface area contributed by atoms with Gasteiger partial charge in [0.15, 0.2) is 5.11 Å². The van der Waals surface area contributed by atoms with Crippen LogP contribution in [0.4, 0.5) is 0 Å². The Kier molecular flexibility index (Phi) is 3.97. The van der Waals surface area contributed by atoms with E-state index in [0.29, 0.717) is 0 Å². The second-order valence-electron chi connectivity index (χ2n) is 6.18. The highest BCUT2D eigenvalue weighted by Crippen LogP contribution is 2.38. The van der Waals surface area contributed by atoms with Gasteiger partial charge in [0, 0.05) is 30.8 Å². The summed E-state index contributed by atoms with van der Waals surface area (Å²) in [6, 6.07) is 14.3. The van der Waals surface area contributed by atoms with Gasteiger partial charge in [-0.2, -0.15) is 0 Å². The molecule has 126 valence electrons. The highest BCUT2D eigenvalue weighted by molar-refractivity contribution is 7.80. The minimum Gasteiger partial charge on any atom is -0.352 e. The molecule has 0 amide bonds. The maximum atomic E-state index is 5.53. The number of likely N-dealkylation sites (N-methyl/N-ethyl adjacent to an activating group) is 1. The van der Waals surface area contributed by atoms with Crippen LogP contribution in [0.1, 0.15) is 29.2 Å². The highest BCUT2D eigenvalue weighted by Gasteiger charge is 2.39. The Bertz CT molecular complexity index is 891. The van der Waals surface area contributed by atoms with Crippen molar-refractivity contribution >= 4 is 17.3 Å². The maximum absolute atomic E-state index is 5.53. The van der Waals surface area contributed by atoms with Crippen LogP contribution in [-0.4, -0.2) is 31.6 Å². The van der Waals surface area contributed by atoms with E-state index < -0.39 is 0 Å². The Morgan fingerprint density at radius 1 is 1.08 bits per heavy atom. The van der Waals surface area contributed by atoms with Crippen LogP contribution in [0.25, 0.3) is 5.69 Å². The van der Waals surface area contributed by atoms with Crippen molar-refractivity contribution < 1.29 is 0 Å². The van der Waals surface area contributed by atoms with Gasteiger partial charge in [0.25, 0.3) is 0 Å². The van der Waals surface area contributed by atoms with Gasteiger partial charge in [0.1, 0.15) is 0 Å². The van der Waals surface area contributed by atoms with Gasteiger partial charge in [-0.3, -0.25) is 9.97 Å². The van der Waals surface area contributed by atoms with Crippen molar-refractivity contribution in [1.82, 2.24) is 24.8 Å². The van der Waals surface area contributed by atoms with E-state index in [1.807, 2.05) is 43.7 Å². The topological polar surface area (TPSA) is 46.0 Å². The van der Waals surface area contributed by atoms with E-state index >= 15 is 0 Å². The van der Waals surface area contributed by atoms with Gasteiger partial charge in [0.2, 0.25) is 0 Å². The van der Waals surface area contributed by atoms with Crippen LogP contribution in [0.5, 0.6) is 0 Å². The van der Waals surface area contributed by atoms with Crippen molar-refractivity contribution in [3.8, 4) is 5.69 Å². The van der Waals surface area contributed by atoms with Crippen molar-refractivity contribution in [1.29, 1.82) is 0 Å². The molecule has 4 heterocycles. The quantitative estimate of drug-likeness (QED) is 0.736. The van der Waals surface area contributed by atoms with Gasteiger partial charge in [-0.25, -0.2) is 0 Å². The number of hydrogen-bond donors (Lipinski definition) is 1. The first kappa shape index (κ1) is 15.8. The van der Waals surface area contributed by atoms with Crippen molar-refractivity contribution in [2.45, 2.75) is 19.0 Å². The zero-order valence-corrected chi connectivity index (χ0v) is 14.9. The molecule has 3 aromatic rings. The van der Waals surface area contributed by atoms with E-state index in [1.54, 1.807) is 6.20 Å². The predicted molar refractivity (Wildman–Crippen MR) is 102 cm³/mol. The molecule has 0 spiro atoms. The lowest BCUT2D eigenvalue weighted by Crippen LogP contribution is -2.26. The number of aryl methyl sites for hydroxylation is 1. The third-order valence-electron chi connectivity index (χ3n) is 4.65. The zero-order chi connectivity index (χ0) is 17.4. The largest absolute Gasteiger partial charge is 0.352 e. The first-order valence-corrected chi connectivity index (χ1v) is 8.60. The lowest BCUT2D eigenvalue weighted by atomic mass is 10.0. The molecule has 1 aliphatic heterocycles. The van der Waals surface area contributed by atoms with E-state index in [4.69, 9.17) is 12.2 Å². The molecule has 0 aromatic carbocycles. The van der Waals surface area contributed by atoms with Crippen molar-refractivity contribution in [2.24, 2.45) is 0 Å². The molecule has 0 saturated carbocycles. The number of nitrogens with one attached hydrogen (secondary N) is 1. The Morgan fingerprint density at radius 2 is 1.96 bits per heavy atom. The van der Waals surface area contributed by atoms with E-state index in [-0.39, 0.29) is 12.1 Å². The van der Waals surface area contributed by atoms with Gasteiger partial charge in [-0.05, 0) is 55.5 Å². The van der Waals surface area contributed by atoms with Crippen molar-refractivity contribution in [3.63, 3.8) is 0 Å². The molecule has 0 aliphatic carbocycles. The summed E-state index contributed by atoms with van der Waals surface area (Å²) in [6.07, 6.45) is 5.49. The second-order valence-corrected chi connectivity index (χ2v) is 6.57. The van der Waals surface area contributed by atoms with Gasteiger partial charge >= 0.3 is 0 Å². The summed E-state index contributed by atoms with van der Waals surface area (Å²) in [5, 5.41) is 4.16. The van der Waals surface area contributed by atoms with Gasteiger partial charge < -0.3 is 14.8 Å². The fourth-order valence-electron chi connectivity index (χ4n) is 3.46. The van der Waals surface area contributed by atoms with E-state index in [0.717, 1.165) is 27.9 Å². The third-order valence-corrected chi connectivity index (χ3v) is 5.06. The number of thiocarbonyl (C=S) groups is 1. The van der Waals surface area contributed by atoms with E-state index in [9.17, 15) is 0 Å². The van der Waals surface area contributed by atoms with Crippen molar-refractivity contribution in [2.75, 3.05) is 7.05 Å². The summed E-state index contributed by atoms with van der Waals surface area (Å²) >= 11 is 5.53. The van der Waals surface area contributed by atoms with Gasteiger partial charge in [-0.1, -0.05) is 6.07 Å². The molecule has 1 saturated heterocycles. The minimum atomic E-state index is 0.00317. The zero-order valence-electron chi connectivity index (χ0n) is 14.1. The standard InChI is InChI=1S/C19H19N5S/c1-13-8-9-16(24(13)14-6-5-10-20-12-14)18-17(22-19(25)23(18)2)15-7-3-4-11-21-15/h3-12,17-18H,1-2H3,(H,22,25)/t17-,18+/m0/s1. The van der Waals surface area contributed by atoms with Crippen molar-refractivity contribution in [3.05, 3.63) is 78.1 Å². The molecular formula is C19H19N5S. The number of aromatic nitrogens is 3. The predicted octanol–water partition coefficient (Wildman–Crippen LogP) is 3.18. The Labute approximate surface area is 152 Å². The fraction of sp³-hybridized carbons (Fsp3) is 0.211. The van der Waals surface area contributed by atoms with Gasteiger partial charge in [-0.15, -0.1) is 0 Å². The first-order valence-electron chi connectivity index (χ1n) is 8.19. The molecule has 25 heavy (non-hydrogen) atoms. The molecule has 2 atom stereocenters. The van der Waals surface area contributed by atoms with Crippen LogP contribution in [0.15, 0.2) is 61.1 Å². The molecule has 1 fully saturated rings. The van der Waals surface area contributed by atoms with E-state index in [2.05, 4.69) is 49.9 Å². The van der Waals surface area contributed by atoms with Crippen LogP contribution in [0, 0.1) is 6.92 Å². The lowest BCUT2D eigenvalue weighted by Gasteiger charge is -2.26. The molecule has 1 aliphatic rings.